The molecule has 0 saturated heterocycles. The van der Waals surface area contributed by atoms with E-state index in [2.05, 4.69) is 10.2 Å². The number of aliphatic hydroxyl groups is 1. The normalized spacial score (nSPS) is 14.8. The van der Waals surface area contributed by atoms with Crippen molar-refractivity contribution in [1.82, 2.24) is 10.2 Å². The van der Waals surface area contributed by atoms with Crippen molar-refractivity contribution in [3.63, 3.8) is 0 Å². The first-order valence-corrected chi connectivity index (χ1v) is 7.09. The minimum Gasteiger partial charge on any atom is -0.486 e. The van der Waals surface area contributed by atoms with E-state index in [1.54, 1.807) is 0 Å². The number of aliphatic hydroxyl groups excluding tert-OH is 1. The molecule has 1 aliphatic heterocycles. The van der Waals surface area contributed by atoms with E-state index in [0.717, 1.165) is 34.7 Å². The molecule has 5 nitrogen and oxygen atoms in total. The predicted molar refractivity (Wildman–Crippen MR) is 77.6 cm³/mol. The van der Waals surface area contributed by atoms with Gasteiger partial charge in [0.2, 0.25) is 0 Å². The summed E-state index contributed by atoms with van der Waals surface area (Å²) in [6.45, 7) is 4.96. The molecule has 1 unspecified atom stereocenters. The van der Waals surface area contributed by atoms with E-state index in [1.165, 1.54) is 0 Å². The van der Waals surface area contributed by atoms with Crippen molar-refractivity contribution >= 4 is 0 Å². The van der Waals surface area contributed by atoms with Gasteiger partial charge in [-0.3, -0.25) is 0 Å². The summed E-state index contributed by atoms with van der Waals surface area (Å²) in [5.74, 6) is 1.39. The van der Waals surface area contributed by atoms with Crippen molar-refractivity contribution in [3.05, 3.63) is 46.8 Å². The highest BCUT2D eigenvalue weighted by molar-refractivity contribution is 5.46. The molecule has 0 saturated carbocycles. The Bertz CT molecular complexity index is 658. The van der Waals surface area contributed by atoms with Gasteiger partial charge in [0.15, 0.2) is 11.5 Å². The first kappa shape index (κ1) is 13.8. The average molecular weight is 286 g/mol. The second kappa shape index (κ2) is 5.69. The molecule has 0 radical (unpaired) electrons. The van der Waals surface area contributed by atoms with Crippen LogP contribution in [-0.4, -0.2) is 28.5 Å². The summed E-state index contributed by atoms with van der Waals surface area (Å²) in [6.07, 6.45) is -0.0190. The van der Waals surface area contributed by atoms with E-state index in [9.17, 15) is 5.11 Å². The number of aromatic nitrogens is 2. The van der Waals surface area contributed by atoms with Crippen molar-refractivity contribution in [3.8, 4) is 11.5 Å². The van der Waals surface area contributed by atoms with Crippen LogP contribution in [0.15, 0.2) is 24.3 Å². The Hall–Kier alpha value is -2.14. The molecule has 0 spiro atoms. The number of ether oxygens (including phenoxy) is 2. The Morgan fingerprint density at radius 1 is 1.14 bits per heavy atom. The topological polar surface area (TPSA) is 64.5 Å². The molecule has 110 valence electrons. The molecule has 0 bridgehead atoms. The van der Waals surface area contributed by atoms with Crippen LogP contribution in [0.25, 0.3) is 0 Å². The number of hydrogen-bond acceptors (Lipinski definition) is 5. The lowest BCUT2D eigenvalue weighted by Gasteiger charge is -2.21. The van der Waals surface area contributed by atoms with Gasteiger partial charge in [-0.25, -0.2) is 0 Å². The fourth-order valence-electron chi connectivity index (χ4n) is 2.46. The first-order valence-electron chi connectivity index (χ1n) is 7.09. The van der Waals surface area contributed by atoms with E-state index >= 15 is 0 Å². The molecule has 0 aliphatic carbocycles. The van der Waals surface area contributed by atoms with Crippen LogP contribution in [0.3, 0.4) is 0 Å². The maximum Gasteiger partial charge on any atom is 0.161 e. The smallest absolute Gasteiger partial charge is 0.161 e. The van der Waals surface area contributed by atoms with Gasteiger partial charge < -0.3 is 14.6 Å². The van der Waals surface area contributed by atoms with Crippen LogP contribution in [-0.2, 0) is 6.42 Å². The molecule has 1 atom stereocenters. The molecule has 1 aliphatic rings. The lowest BCUT2D eigenvalue weighted by molar-refractivity contribution is 0.169. The minimum atomic E-state index is -0.745. The van der Waals surface area contributed by atoms with Gasteiger partial charge in [0.1, 0.15) is 19.3 Å². The summed E-state index contributed by atoms with van der Waals surface area (Å²) in [5.41, 5.74) is 3.16. The summed E-state index contributed by atoms with van der Waals surface area (Å²) in [6, 6.07) is 7.40. The Labute approximate surface area is 123 Å². The number of nitrogens with zero attached hydrogens (tertiary/aromatic N) is 2. The van der Waals surface area contributed by atoms with Crippen LogP contribution in [0, 0.1) is 6.92 Å². The van der Waals surface area contributed by atoms with E-state index in [4.69, 9.17) is 9.47 Å². The Kier molecular flexibility index (Phi) is 3.75. The molecule has 1 N–H and O–H groups in total. The van der Waals surface area contributed by atoms with E-state index in [0.29, 0.717) is 19.0 Å². The summed E-state index contributed by atoms with van der Waals surface area (Å²) in [7, 11) is 0. The molecular formula is C16H18N2O3. The molecule has 3 rings (SSSR count). The first-order chi connectivity index (χ1) is 10.2. The SMILES string of the molecule is CCc1nnc(C)cc1C(O)c1ccc2c(c1)OCCO2. The zero-order valence-electron chi connectivity index (χ0n) is 12.2. The zero-order valence-corrected chi connectivity index (χ0v) is 12.2. The van der Waals surface area contributed by atoms with Crippen molar-refractivity contribution in [1.29, 1.82) is 0 Å². The Morgan fingerprint density at radius 2 is 1.90 bits per heavy atom. The van der Waals surface area contributed by atoms with Gasteiger partial charge in [0.25, 0.3) is 0 Å². The lowest BCUT2D eigenvalue weighted by Crippen LogP contribution is -2.16. The maximum absolute atomic E-state index is 10.7. The highest BCUT2D eigenvalue weighted by atomic mass is 16.6. The molecule has 0 amide bonds. The van der Waals surface area contributed by atoms with Crippen molar-refractivity contribution in [2.75, 3.05) is 13.2 Å². The van der Waals surface area contributed by atoms with Crippen LogP contribution in [0.2, 0.25) is 0 Å². The Morgan fingerprint density at radius 3 is 2.67 bits per heavy atom. The fraction of sp³-hybridized carbons (Fsp3) is 0.375. The highest BCUT2D eigenvalue weighted by Crippen LogP contribution is 2.34. The van der Waals surface area contributed by atoms with E-state index < -0.39 is 6.10 Å². The summed E-state index contributed by atoms with van der Waals surface area (Å²) >= 11 is 0. The van der Waals surface area contributed by atoms with Crippen LogP contribution < -0.4 is 9.47 Å². The molecular weight excluding hydrogens is 268 g/mol. The van der Waals surface area contributed by atoms with Gasteiger partial charge in [-0.05, 0) is 37.1 Å². The third-order valence-corrected chi connectivity index (χ3v) is 3.54. The van der Waals surface area contributed by atoms with Crippen molar-refractivity contribution < 1.29 is 14.6 Å². The molecule has 21 heavy (non-hydrogen) atoms. The summed E-state index contributed by atoms with van der Waals surface area (Å²) in [4.78, 5) is 0. The number of fused-ring (bicyclic) bond motifs is 1. The average Bonchev–Trinajstić information content (AvgIpc) is 2.53. The second-order valence-electron chi connectivity index (χ2n) is 5.05. The third-order valence-electron chi connectivity index (χ3n) is 3.54. The lowest BCUT2D eigenvalue weighted by atomic mass is 9.98. The molecule has 1 aromatic heterocycles. The number of rotatable bonds is 3. The van der Waals surface area contributed by atoms with Crippen LogP contribution in [0.5, 0.6) is 11.5 Å². The van der Waals surface area contributed by atoms with Gasteiger partial charge >= 0.3 is 0 Å². The minimum absolute atomic E-state index is 0.530. The highest BCUT2D eigenvalue weighted by Gasteiger charge is 2.19. The maximum atomic E-state index is 10.7. The predicted octanol–water partition coefficient (Wildman–Crippen LogP) is 2.20. The van der Waals surface area contributed by atoms with Crippen LogP contribution in [0.4, 0.5) is 0 Å². The van der Waals surface area contributed by atoms with Crippen molar-refractivity contribution in [2.24, 2.45) is 0 Å². The van der Waals surface area contributed by atoms with Gasteiger partial charge in [-0.15, -0.1) is 0 Å². The summed E-state index contributed by atoms with van der Waals surface area (Å²) in [5, 5.41) is 18.9. The van der Waals surface area contributed by atoms with E-state index in [1.807, 2.05) is 38.1 Å². The quantitative estimate of drug-likeness (QED) is 0.937. The molecule has 5 heteroatoms. The van der Waals surface area contributed by atoms with Gasteiger partial charge in [-0.1, -0.05) is 13.0 Å². The number of hydrogen-bond donors (Lipinski definition) is 1. The molecule has 2 heterocycles. The largest absolute Gasteiger partial charge is 0.486 e. The fourth-order valence-corrected chi connectivity index (χ4v) is 2.46. The number of aryl methyl sites for hydroxylation is 2. The standard InChI is InChI=1S/C16H18N2O3/c1-3-13-12(8-10(2)17-18-13)16(19)11-4-5-14-15(9-11)21-7-6-20-14/h4-5,8-9,16,19H,3,6-7H2,1-2H3. The monoisotopic (exact) mass is 286 g/mol. The second-order valence-corrected chi connectivity index (χ2v) is 5.05. The molecule has 0 fully saturated rings. The summed E-state index contributed by atoms with van der Waals surface area (Å²) < 4.78 is 11.1. The van der Waals surface area contributed by atoms with Crippen molar-refractivity contribution in [2.45, 2.75) is 26.4 Å². The third kappa shape index (κ3) is 2.69. The van der Waals surface area contributed by atoms with Gasteiger partial charge in [0, 0.05) is 5.56 Å². The molecule has 1 aromatic carbocycles. The Balaban J connectivity index is 1.98. The van der Waals surface area contributed by atoms with E-state index in [-0.39, 0.29) is 0 Å². The number of benzene rings is 1. The van der Waals surface area contributed by atoms with Crippen LogP contribution >= 0.6 is 0 Å². The zero-order chi connectivity index (χ0) is 14.8. The van der Waals surface area contributed by atoms with Gasteiger partial charge in [0.05, 0.1) is 11.4 Å². The molecule has 2 aromatic rings. The van der Waals surface area contributed by atoms with Crippen LogP contribution in [0.1, 0.15) is 35.5 Å². The van der Waals surface area contributed by atoms with Gasteiger partial charge in [-0.2, -0.15) is 10.2 Å².